The van der Waals surface area contributed by atoms with E-state index in [9.17, 15) is 22.8 Å². The molecule has 1 amide bonds. The molecule has 4 rings (SSSR count). The van der Waals surface area contributed by atoms with Gasteiger partial charge in [-0.3, -0.25) is 14.2 Å². The van der Waals surface area contributed by atoms with E-state index in [1.807, 2.05) is 21.1 Å². The van der Waals surface area contributed by atoms with Gasteiger partial charge in [0, 0.05) is 29.9 Å². The normalized spacial score (nSPS) is 11.5. The van der Waals surface area contributed by atoms with Crippen LogP contribution in [0.2, 0.25) is 0 Å². The van der Waals surface area contributed by atoms with E-state index in [2.05, 4.69) is 16.5 Å². The maximum atomic E-state index is 13.7. The number of nitriles is 1. The van der Waals surface area contributed by atoms with E-state index in [0.717, 1.165) is 23.2 Å². The van der Waals surface area contributed by atoms with E-state index in [1.165, 1.54) is 24.4 Å². The number of rotatable bonds is 8. The Hall–Kier alpha value is -4.21. The number of carbonyl (C=O) groups is 1. The van der Waals surface area contributed by atoms with Gasteiger partial charge in [-0.2, -0.15) is 23.5 Å². The van der Waals surface area contributed by atoms with Crippen LogP contribution in [-0.2, 0) is 6.18 Å². The van der Waals surface area contributed by atoms with Crippen molar-refractivity contribution in [3.63, 3.8) is 0 Å². The third kappa shape index (κ3) is 7.16. The third-order valence-electron chi connectivity index (χ3n) is 6.57. The van der Waals surface area contributed by atoms with Gasteiger partial charge in [-0.15, -0.1) is 0 Å². The van der Waals surface area contributed by atoms with Gasteiger partial charge in [0.15, 0.2) is 0 Å². The minimum atomic E-state index is -4.62. The van der Waals surface area contributed by atoms with Crippen LogP contribution in [0, 0.1) is 18.3 Å². The molecule has 0 saturated heterocycles. The Labute approximate surface area is 252 Å². The number of halogens is 4. The number of amides is 1. The molecule has 0 atom stereocenters. The number of nitrogens with one attached hydrogen (secondary N) is 1. The highest BCUT2D eigenvalue weighted by Gasteiger charge is 2.31. The van der Waals surface area contributed by atoms with Crippen LogP contribution >= 0.6 is 0 Å². The molecule has 0 bridgehead atoms. The zero-order valence-corrected chi connectivity index (χ0v) is 25.1. The van der Waals surface area contributed by atoms with Gasteiger partial charge < -0.3 is 26.8 Å². The van der Waals surface area contributed by atoms with Gasteiger partial charge in [0.05, 0.1) is 62.5 Å². The fraction of sp³-hybridized carbons (Fsp3) is 0.267. The summed E-state index contributed by atoms with van der Waals surface area (Å²) in [6, 6.07) is 16.3. The number of hydrogen-bond acceptors (Lipinski definition) is 4. The minimum absolute atomic E-state index is 0. The van der Waals surface area contributed by atoms with Crippen molar-refractivity contribution in [1.29, 1.82) is 5.26 Å². The molecule has 1 N–H and O–H groups in total. The molecule has 220 valence electrons. The van der Waals surface area contributed by atoms with Crippen LogP contribution in [0.15, 0.2) is 71.7 Å². The summed E-state index contributed by atoms with van der Waals surface area (Å²) in [6.07, 6.45) is -2.41. The summed E-state index contributed by atoms with van der Waals surface area (Å²) < 4.78 is 44.1. The largest absolute Gasteiger partial charge is 1.00 e. The Morgan fingerprint density at radius 1 is 1.05 bits per heavy atom. The Morgan fingerprint density at radius 2 is 1.74 bits per heavy atom. The van der Waals surface area contributed by atoms with Gasteiger partial charge in [-0.25, -0.2) is 4.68 Å². The first-order valence-corrected chi connectivity index (χ1v) is 12.9. The number of quaternary nitrogens is 1. The number of pyridine rings is 1. The van der Waals surface area contributed by atoms with Crippen molar-refractivity contribution in [3.05, 3.63) is 99.6 Å². The predicted octanol–water partition coefficient (Wildman–Crippen LogP) is 1.72. The summed E-state index contributed by atoms with van der Waals surface area (Å²) in [6.45, 7) is 2.72. The van der Waals surface area contributed by atoms with Crippen molar-refractivity contribution in [2.45, 2.75) is 19.5 Å². The number of hydrogen-bond donors (Lipinski definition) is 1. The zero-order valence-electron chi connectivity index (χ0n) is 23.5. The van der Waals surface area contributed by atoms with Crippen molar-refractivity contribution in [2.75, 3.05) is 34.2 Å². The average molecular weight is 644 g/mol. The number of benzene rings is 2. The highest BCUT2D eigenvalue weighted by Crippen LogP contribution is 2.32. The summed E-state index contributed by atoms with van der Waals surface area (Å²) >= 11 is 0. The lowest BCUT2D eigenvalue weighted by Gasteiger charge is -2.23. The Kier molecular flexibility index (Phi) is 9.81. The monoisotopic (exact) mass is 642 g/mol. The highest BCUT2D eigenvalue weighted by molar-refractivity contribution is 5.95. The summed E-state index contributed by atoms with van der Waals surface area (Å²) in [5, 5.41) is 16.3. The second kappa shape index (κ2) is 12.8. The number of nitrogens with zero attached hydrogens (tertiary/aromatic N) is 5. The van der Waals surface area contributed by atoms with Crippen molar-refractivity contribution in [3.8, 4) is 28.7 Å². The molecule has 2 aromatic carbocycles. The molecule has 0 aliphatic rings. The van der Waals surface area contributed by atoms with Crippen LogP contribution in [0.1, 0.15) is 33.6 Å². The van der Waals surface area contributed by atoms with Crippen LogP contribution in [-0.4, -0.2) is 59.0 Å². The first-order valence-electron chi connectivity index (χ1n) is 12.9. The van der Waals surface area contributed by atoms with Crippen LogP contribution in [0.3, 0.4) is 0 Å². The maximum absolute atomic E-state index is 13.7. The molecular weight excluding hydrogens is 613 g/mol. The standard InChI is InChI=1S/C30H29F3N6O2.BrH/c1-20-25(27-13-15-36-38(27)23-11-9-21(19-34)10-12-23)18-26(28(40)35-14-6-16-39(2,3)4)29(41)37(20)24-8-5-7-22(17-24)30(31,32)33;/h5,7-13,15,17-18H,6,14,16H2,1-4H3;1H. The van der Waals surface area contributed by atoms with E-state index in [0.29, 0.717) is 45.7 Å². The predicted molar refractivity (Wildman–Crippen MR) is 149 cm³/mol. The van der Waals surface area contributed by atoms with E-state index in [-0.39, 0.29) is 28.2 Å². The van der Waals surface area contributed by atoms with Crippen molar-refractivity contribution in [1.82, 2.24) is 19.7 Å². The Morgan fingerprint density at radius 3 is 2.36 bits per heavy atom. The molecule has 0 fully saturated rings. The molecular formula is C30H30BrF3N6O2. The van der Waals surface area contributed by atoms with E-state index >= 15 is 0 Å². The van der Waals surface area contributed by atoms with Crippen LogP contribution in [0.5, 0.6) is 0 Å². The first kappa shape index (κ1) is 32.3. The third-order valence-corrected chi connectivity index (χ3v) is 6.57. The molecule has 4 aromatic rings. The number of aromatic nitrogens is 3. The second-order valence-corrected chi connectivity index (χ2v) is 10.7. The van der Waals surface area contributed by atoms with Gasteiger partial charge in [-0.1, -0.05) is 6.07 Å². The molecule has 0 aliphatic heterocycles. The molecule has 2 heterocycles. The van der Waals surface area contributed by atoms with Crippen molar-refractivity contribution >= 4 is 5.91 Å². The molecule has 0 unspecified atom stereocenters. The van der Waals surface area contributed by atoms with E-state index in [4.69, 9.17) is 5.26 Å². The lowest BCUT2D eigenvalue weighted by atomic mass is 10.0. The first-order chi connectivity index (χ1) is 19.3. The molecule has 2 aromatic heterocycles. The summed E-state index contributed by atoms with van der Waals surface area (Å²) in [4.78, 5) is 27.0. The minimum Gasteiger partial charge on any atom is -1.00 e. The number of alkyl halides is 3. The van der Waals surface area contributed by atoms with Crippen molar-refractivity contribution in [2.24, 2.45) is 0 Å². The Bertz CT molecular complexity index is 1680. The molecule has 8 nitrogen and oxygen atoms in total. The summed E-state index contributed by atoms with van der Waals surface area (Å²) in [5.74, 6) is -0.622. The topological polar surface area (TPSA) is 92.7 Å². The fourth-order valence-electron chi connectivity index (χ4n) is 4.50. The SMILES string of the molecule is Cc1c(-c2ccnn2-c2ccc(C#N)cc2)cc(C(=O)NCCC[N+](C)(C)C)c(=O)n1-c1cccc(C(F)(F)F)c1.[Br-]. The van der Waals surface area contributed by atoms with Gasteiger partial charge in [0.2, 0.25) is 0 Å². The summed E-state index contributed by atoms with van der Waals surface area (Å²) in [7, 11) is 6.08. The van der Waals surface area contributed by atoms with Gasteiger partial charge in [0.25, 0.3) is 11.5 Å². The molecule has 0 aliphatic carbocycles. The van der Waals surface area contributed by atoms with E-state index < -0.39 is 23.2 Å². The van der Waals surface area contributed by atoms with E-state index in [1.54, 1.807) is 41.9 Å². The van der Waals surface area contributed by atoms with Crippen LogP contribution in [0.25, 0.3) is 22.6 Å². The fourth-order valence-corrected chi connectivity index (χ4v) is 4.50. The molecule has 0 spiro atoms. The maximum Gasteiger partial charge on any atom is 0.416 e. The smallest absolute Gasteiger partial charge is 0.416 e. The molecule has 42 heavy (non-hydrogen) atoms. The highest BCUT2D eigenvalue weighted by atomic mass is 79.9. The second-order valence-electron chi connectivity index (χ2n) is 10.7. The lowest BCUT2D eigenvalue weighted by Crippen LogP contribution is -3.00. The molecule has 0 saturated carbocycles. The molecule has 0 radical (unpaired) electrons. The summed E-state index contributed by atoms with van der Waals surface area (Å²) in [5.41, 5.74) is 0.458. The van der Waals surface area contributed by atoms with Crippen LogP contribution in [0.4, 0.5) is 13.2 Å². The quantitative estimate of drug-likeness (QED) is 0.234. The van der Waals surface area contributed by atoms with Crippen molar-refractivity contribution < 1.29 is 39.4 Å². The molecule has 12 heteroatoms. The van der Waals surface area contributed by atoms with Gasteiger partial charge in [0.1, 0.15) is 5.56 Å². The number of carbonyl (C=O) groups excluding carboxylic acids is 1. The Balaban J connectivity index is 0.00000484. The van der Waals surface area contributed by atoms with Gasteiger partial charge >= 0.3 is 6.18 Å². The lowest BCUT2D eigenvalue weighted by molar-refractivity contribution is -0.870. The zero-order chi connectivity index (χ0) is 29.9. The van der Waals surface area contributed by atoms with Gasteiger partial charge in [-0.05, 0) is 61.5 Å². The average Bonchev–Trinajstić information content (AvgIpc) is 3.40. The van der Waals surface area contributed by atoms with Crippen LogP contribution < -0.4 is 27.9 Å².